The van der Waals surface area contributed by atoms with Gasteiger partial charge in [-0.15, -0.1) is 17.9 Å². The Morgan fingerprint density at radius 3 is 2.47 bits per heavy atom. The number of carbonyl (C=O) groups excluding carboxylic acids is 4. The van der Waals surface area contributed by atoms with Crippen LogP contribution in [0, 0.1) is 35.0 Å². The Bertz CT molecular complexity index is 2190. The second kappa shape index (κ2) is 16.7. The van der Waals surface area contributed by atoms with Crippen LogP contribution in [0.2, 0.25) is 0 Å². The molecular formula is C44H54N6O9S. The van der Waals surface area contributed by atoms with Gasteiger partial charge in [-0.05, 0) is 73.8 Å². The van der Waals surface area contributed by atoms with Crippen molar-refractivity contribution in [2.24, 2.45) is 40.7 Å². The fourth-order valence-electron chi connectivity index (χ4n) is 10.0. The number of alkyl carbamates (subject to hydrolysis) is 1. The number of ether oxygens (including phenoxy) is 3. The number of carboxylic acid groups (broad SMARTS) is 1. The van der Waals surface area contributed by atoms with E-state index in [4.69, 9.17) is 29.9 Å². The van der Waals surface area contributed by atoms with Gasteiger partial charge in [-0.3, -0.25) is 19.2 Å². The quantitative estimate of drug-likeness (QED) is 0.145. The predicted molar refractivity (Wildman–Crippen MR) is 223 cm³/mol. The van der Waals surface area contributed by atoms with Crippen LogP contribution in [0.25, 0.3) is 22.3 Å². The van der Waals surface area contributed by atoms with Gasteiger partial charge in [0, 0.05) is 41.2 Å². The number of benzene rings is 1. The predicted octanol–water partition coefficient (Wildman–Crippen LogP) is 6.09. The lowest BCUT2D eigenvalue weighted by molar-refractivity contribution is -0.142. The number of amides is 4. The molecule has 0 spiro atoms. The fourth-order valence-corrected chi connectivity index (χ4v) is 10.7. The number of nitrogens with zero attached hydrogens (tertiary/aromatic N) is 3. The van der Waals surface area contributed by atoms with E-state index >= 15 is 0 Å². The number of carbonyl (C=O) groups is 5. The van der Waals surface area contributed by atoms with E-state index in [1.807, 2.05) is 17.5 Å². The van der Waals surface area contributed by atoms with E-state index in [1.165, 1.54) is 16.2 Å². The van der Waals surface area contributed by atoms with Crippen LogP contribution >= 0.6 is 11.3 Å². The summed E-state index contributed by atoms with van der Waals surface area (Å²) in [7, 11) is 0. The van der Waals surface area contributed by atoms with Gasteiger partial charge >= 0.3 is 12.1 Å². The Morgan fingerprint density at radius 2 is 1.80 bits per heavy atom. The van der Waals surface area contributed by atoms with Crippen LogP contribution in [0.4, 0.5) is 9.93 Å². The largest absolute Gasteiger partial charge is 0.493 e. The molecule has 4 fully saturated rings. The lowest BCUT2D eigenvalue weighted by atomic mass is 9.85. The van der Waals surface area contributed by atoms with Crippen LogP contribution in [0.3, 0.4) is 0 Å². The molecule has 60 heavy (non-hydrogen) atoms. The van der Waals surface area contributed by atoms with Gasteiger partial charge in [0.15, 0.2) is 5.13 Å². The maximum atomic E-state index is 14.8. The second-order valence-corrected chi connectivity index (χ2v) is 18.9. The second-order valence-electron chi connectivity index (χ2n) is 18.1. The smallest absolute Gasteiger partial charge is 0.408 e. The molecule has 1 saturated heterocycles. The highest BCUT2D eigenvalue weighted by atomic mass is 32.1. The van der Waals surface area contributed by atoms with Crippen molar-refractivity contribution in [1.29, 1.82) is 0 Å². The standard InChI is InChI=1S/C44H54N6O9S/c1-5-24-33(34(24)41(54)55)35-31(20-50(37(35)39(45)52)40(53)38(44(2,3)4)49-43(56)58-23-12-8-9-13-23)59-30-19-27(46-36-25(30)14-15-29-26(36)16-17-57-29)28-21-60-42(47-28)48-32(51)18-22-10-6-7-11-22/h5,14-15,19,21-24,31,33-35,37-38H,1,6-13,16-18,20H2,2-4H3,(H2,45,52)(H,49,56)(H,54,55)(H,47,48,51)/t24?,31-,33?,34+,35?,37-,38?/m0/s1. The van der Waals surface area contributed by atoms with E-state index in [0.29, 0.717) is 64.3 Å². The lowest BCUT2D eigenvalue weighted by Crippen LogP contribution is -2.58. The zero-order chi connectivity index (χ0) is 42.5. The molecule has 5 aliphatic rings. The fraction of sp³-hybridized carbons (Fsp3) is 0.568. The van der Waals surface area contributed by atoms with Crippen molar-refractivity contribution in [3.8, 4) is 22.9 Å². The van der Waals surface area contributed by atoms with Crippen molar-refractivity contribution < 1.29 is 43.3 Å². The Morgan fingerprint density at radius 1 is 1.07 bits per heavy atom. The average molecular weight is 843 g/mol. The van der Waals surface area contributed by atoms with E-state index in [-0.39, 0.29) is 18.6 Å². The topological polar surface area (TPSA) is 212 Å². The number of thiazole rings is 1. The van der Waals surface area contributed by atoms with Gasteiger partial charge in [-0.25, -0.2) is 14.8 Å². The monoisotopic (exact) mass is 842 g/mol. The molecule has 15 nitrogen and oxygen atoms in total. The van der Waals surface area contributed by atoms with Crippen molar-refractivity contribution in [2.45, 2.75) is 109 Å². The van der Waals surface area contributed by atoms with Crippen LogP contribution < -0.4 is 25.8 Å². The number of fused-ring (bicyclic) bond motifs is 3. The molecule has 2 aliphatic heterocycles. The molecule has 7 atom stereocenters. The molecule has 8 rings (SSSR count). The zero-order valence-corrected chi connectivity index (χ0v) is 35.1. The average Bonchev–Trinajstić information content (AvgIpc) is 3.92. The molecule has 4 unspecified atom stereocenters. The number of likely N-dealkylation sites (tertiary alicyclic amines) is 1. The summed E-state index contributed by atoms with van der Waals surface area (Å²) in [5, 5.41) is 19.0. The van der Waals surface area contributed by atoms with Crippen molar-refractivity contribution in [3.63, 3.8) is 0 Å². The molecule has 3 aromatic rings. The SMILES string of the molecule is C=CC1C(C2[C@@H](Oc3cc(-c4csc(NC(=O)CC5CCCC5)n4)nc4c5c(ccc34)OCC5)CN(C(=O)C(NC(=O)OC3CCCC3)C(C)(C)C)[C@@H]2C(N)=O)[C@@H]1C(=O)O. The Labute approximate surface area is 352 Å². The maximum absolute atomic E-state index is 14.8. The molecule has 0 bridgehead atoms. The first-order valence-corrected chi connectivity index (χ1v) is 22.0. The summed E-state index contributed by atoms with van der Waals surface area (Å²) in [6, 6.07) is 3.06. The van der Waals surface area contributed by atoms with Crippen LogP contribution in [0.1, 0.15) is 84.1 Å². The van der Waals surface area contributed by atoms with Crippen LogP contribution in [0.5, 0.6) is 11.5 Å². The molecule has 16 heteroatoms. The van der Waals surface area contributed by atoms with Crippen LogP contribution in [-0.2, 0) is 30.3 Å². The normalized spacial score (nSPS) is 25.7. The number of aromatic nitrogens is 2. The first-order chi connectivity index (χ1) is 28.7. The third kappa shape index (κ3) is 8.26. The molecule has 0 radical (unpaired) electrons. The van der Waals surface area contributed by atoms with Gasteiger partial charge in [-0.2, -0.15) is 0 Å². The summed E-state index contributed by atoms with van der Waals surface area (Å²) in [5.41, 5.74) is 7.84. The molecule has 320 valence electrons. The van der Waals surface area contributed by atoms with Crippen LogP contribution in [0.15, 0.2) is 36.2 Å². The van der Waals surface area contributed by atoms with E-state index in [2.05, 4.69) is 17.2 Å². The van der Waals surface area contributed by atoms with Crippen molar-refractivity contribution >= 4 is 57.2 Å². The summed E-state index contributed by atoms with van der Waals surface area (Å²) in [5.74, 6) is -3.92. The summed E-state index contributed by atoms with van der Waals surface area (Å²) in [6.07, 6.45) is 8.54. The van der Waals surface area contributed by atoms with Crippen molar-refractivity contribution in [1.82, 2.24) is 20.2 Å². The van der Waals surface area contributed by atoms with Crippen molar-refractivity contribution in [3.05, 3.63) is 41.8 Å². The number of hydrogen-bond donors (Lipinski definition) is 4. The van der Waals surface area contributed by atoms with Gasteiger partial charge in [-0.1, -0.05) is 39.7 Å². The Hall–Kier alpha value is -5.25. The number of primary amides is 1. The molecule has 2 aromatic heterocycles. The van der Waals surface area contributed by atoms with Gasteiger partial charge < -0.3 is 40.6 Å². The third-order valence-electron chi connectivity index (χ3n) is 13.0. The number of rotatable bonds is 13. The first-order valence-electron chi connectivity index (χ1n) is 21.2. The zero-order valence-electron chi connectivity index (χ0n) is 34.3. The highest BCUT2D eigenvalue weighted by molar-refractivity contribution is 7.14. The molecule has 5 N–H and O–H groups in total. The molecule has 1 aromatic carbocycles. The van der Waals surface area contributed by atoms with Crippen molar-refractivity contribution in [2.75, 3.05) is 18.5 Å². The maximum Gasteiger partial charge on any atom is 0.408 e. The van der Waals surface area contributed by atoms with Gasteiger partial charge in [0.05, 0.1) is 30.3 Å². The third-order valence-corrected chi connectivity index (χ3v) is 13.8. The number of allylic oxidation sites excluding steroid dienone is 1. The summed E-state index contributed by atoms with van der Waals surface area (Å²) < 4.78 is 18.5. The van der Waals surface area contributed by atoms with Crippen LogP contribution in [-0.4, -0.2) is 87.2 Å². The number of nitrogens with two attached hydrogens (primary N) is 1. The minimum Gasteiger partial charge on any atom is -0.493 e. The number of carboxylic acids is 1. The lowest BCUT2D eigenvalue weighted by Gasteiger charge is -2.35. The van der Waals surface area contributed by atoms with E-state index in [0.717, 1.165) is 56.9 Å². The number of anilines is 1. The summed E-state index contributed by atoms with van der Waals surface area (Å²) in [6.45, 7) is 9.66. The minimum atomic E-state index is -1.27. The Balaban J connectivity index is 1.15. The van der Waals surface area contributed by atoms with E-state index < -0.39 is 71.2 Å². The Kier molecular flexibility index (Phi) is 11.5. The molecule has 4 amide bonds. The van der Waals surface area contributed by atoms with Gasteiger partial charge in [0.25, 0.3) is 0 Å². The summed E-state index contributed by atoms with van der Waals surface area (Å²) >= 11 is 1.29. The highest BCUT2D eigenvalue weighted by Crippen LogP contribution is 2.57. The van der Waals surface area contributed by atoms with E-state index in [9.17, 15) is 29.1 Å². The molecule has 3 aliphatic carbocycles. The molecular weight excluding hydrogens is 789 g/mol. The number of aliphatic carboxylic acids is 1. The highest BCUT2D eigenvalue weighted by Gasteiger charge is 2.65. The first kappa shape index (κ1) is 41.5. The number of hydrogen-bond acceptors (Lipinski definition) is 11. The number of pyridine rings is 1. The van der Waals surface area contributed by atoms with E-state index in [1.54, 1.807) is 32.9 Å². The molecule has 4 heterocycles. The van der Waals surface area contributed by atoms with Gasteiger partial charge in [0.1, 0.15) is 41.5 Å². The molecule has 3 saturated carbocycles. The summed E-state index contributed by atoms with van der Waals surface area (Å²) in [4.78, 5) is 78.3. The van der Waals surface area contributed by atoms with Gasteiger partial charge in [0.2, 0.25) is 17.7 Å². The number of nitrogens with one attached hydrogen (secondary N) is 2. The minimum absolute atomic E-state index is 0.0733.